The van der Waals surface area contributed by atoms with Crippen LogP contribution in [0.25, 0.3) is 10.9 Å². The van der Waals surface area contributed by atoms with Gasteiger partial charge in [0.1, 0.15) is 5.60 Å². The van der Waals surface area contributed by atoms with E-state index in [9.17, 15) is 14.7 Å². The van der Waals surface area contributed by atoms with Gasteiger partial charge in [-0.15, -0.1) is 0 Å². The molecule has 0 bridgehead atoms. The molecule has 172 valence electrons. The molecule has 1 fully saturated rings. The van der Waals surface area contributed by atoms with Crippen molar-refractivity contribution in [1.29, 1.82) is 0 Å². The monoisotopic (exact) mass is 459 g/mol. The predicted molar refractivity (Wildman–Crippen MR) is 123 cm³/mol. The number of aryl methyl sites for hydroxylation is 1. The number of amides is 2. The lowest BCUT2D eigenvalue weighted by Crippen LogP contribution is -2.58. The lowest BCUT2D eigenvalue weighted by atomic mass is 9.94. The number of carbonyl (C=O) groups is 2. The Hall–Kier alpha value is -2.38. The van der Waals surface area contributed by atoms with Gasteiger partial charge in [0, 0.05) is 36.3 Å². The number of aliphatic hydroxyl groups is 1. The molecular formula is C24H30ClN3O4. The summed E-state index contributed by atoms with van der Waals surface area (Å²) >= 11 is 6.66. The molecule has 1 saturated heterocycles. The molecule has 1 atom stereocenters. The number of hydrogen-bond acceptors (Lipinski definition) is 5. The summed E-state index contributed by atoms with van der Waals surface area (Å²) in [6.07, 6.45) is 3.61. The van der Waals surface area contributed by atoms with Crippen LogP contribution < -0.4 is 0 Å². The second-order valence-corrected chi connectivity index (χ2v) is 9.93. The predicted octanol–water partition coefficient (Wildman–Crippen LogP) is 3.82. The third-order valence-electron chi connectivity index (χ3n) is 6.05. The summed E-state index contributed by atoms with van der Waals surface area (Å²) in [5, 5.41) is 11.5. The molecule has 2 aromatic rings. The summed E-state index contributed by atoms with van der Waals surface area (Å²) in [4.78, 5) is 33.7. The average molecular weight is 460 g/mol. The van der Waals surface area contributed by atoms with Crippen molar-refractivity contribution in [3.8, 4) is 0 Å². The van der Waals surface area contributed by atoms with Gasteiger partial charge in [-0.25, -0.2) is 4.79 Å². The van der Waals surface area contributed by atoms with E-state index in [0.717, 1.165) is 52.9 Å². The number of aromatic nitrogens is 1. The molecule has 1 unspecified atom stereocenters. The first-order valence-corrected chi connectivity index (χ1v) is 11.6. The molecule has 0 saturated carbocycles. The maximum absolute atomic E-state index is 13.2. The molecule has 32 heavy (non-hydrogen) atoms. The second-order valence-electron chi connectivity index (χ2n) is 9.55. The molecule has 7 nitrogen and oxygen atoms in total. The van der Waals surface area contributed by atoms with E-state index in [0.29, 0.717) is 18.7 Å². The highest BCUT2D eigenvalue weighted by atomic mass is 35.5. The van der Waals surface area contributed by atoms with Crippen molar-refractivity contribution in [2.45, 2.75) is 58.1 Å². The third kappa shape index (κ3) is 4.55. The summed E-state index contributed by atoms with van der Waals surface area (Å²) in [7, 11) is 0. The van der Waals surface area contributed by atoms with Crippen LogP contribution in [0.2, 0.25) is 5.02 Å². The van der Waals surface area contributed by atoms with Gasteiger partial charge in [-0.1, -0.05) is 17.7 Å². The molecule has 0 spiro atoms. The van der Waals surface area contributed by atoms with E-state index in [-0.39, 0.29) is 19.1 Å². The summed E-state index contributed by atoms with van der Waals surface area (Å²) < 4.78 is 5.45. The fraction of sp³-hybridized carbons (Fsp3) is 0.542. The highest BCUT2D eigenvalue weighted by Gasteiger charge is 2.35. The fourth-order valence-corrected chi connectivity index (χ4v) is 4.80. The van der Waals surface area contributed by atoms with Crippen LogP contribution in [0.3, 0.4) is 0 Å². The number of halogens is 1. The molecule has 1 N–H and O–H groups in total. The lowest BCUT2D eigenvalue weighted by molar-refractivity contribution is -0.00984. The first kappa shape index (κ1) is 22.8. The number of ether oxygens (including phenoxy) is 1. The fourth-order valence-electron chi connectivity index (χ4n) is 4.44. The number of aliphatic hydroxyl groups excluding tert-OH is 1. The molecule has 1 aliphatic carbocycles. The van der Waals surface area contributed by atoms with Crippen molar-refractivity contribution in [1.82, 2.24) is 14.8 Å². The van der Waals surface area contributed by atoms with Gasteiger partial charge >= 0.3 is 6.09 Å². The maximum atomic E-state index is 13.2. The van der Waals surface area contributed by atoms with Crippen molar-refractivity contribution >= 4 is 34.5 Å². The van der Waals surface area contributed by atoms with Gasteiger partial charge in [-0.3, -0.25) is 14.7 Å². The van der Waals surface area contributed by atoms with E-state index in [1.807, 2.05) is 6.07 Å². The highest BCUT2D eigenvalue weighted by Crippen LogP contribution is 2.33. The standard InChI is InChI=1S/C24H30ClN3O4/c1-24(2,3)32-23(31)28-11-10-27(13-16(28)14-29)22(30)15-8-9-18-20(12-15)26-19-7-5-4-6-17(19)21(18)25/h8-9,12,16,29H,4-7,10-11,13-14H2,1-3H3. The molecule has 1 aliphatic heterocycles. The minimum atomic E-state index is -0.622. The van der Waals surface area contributed by atoms with Gasteiger partial charge in [0.25, 0.3) is 5.91 Å². The molecule has 0 radical (unpaired) electrons. The Kier molecular flexibility index (Phi) is 6.32. The Morgan fingerprint density at radius 2 is 1.97 bits per heavy atom. The quantitative estimate of drug-likeness (QED) is 0.738. The number of benzene rings is 1. The van der Waals surface area contributed by atoms with Gasteiger partial charge in [0.2, 0.25) is 0 Å². The second kappa shape index (κ2) is 8.87. The number of carbonyl (C=O) groups excluding carboxylic acids is 2. The number of hydrogen-bond donors (Lipinski definition) is 1. The van der Waals surface area contributed by atoms with Crippen LogP contribution in [0.5, 0.6) is 0 Å². The van der Waals surface area contributed by atoms with Gasteiger partial charge in [0.05, 0.1) is 23.2 Å². The molecule has 8 heteroatoms. The van der Waals surface area contributed by atoms with Crippen molar-refractivity contribution in [3.05, 3.63) is 40.0 Å². The number of rotatable bonds is 2. The Morgan fingerprint density at radius 1 is 1.22 bits per heavy atom. The Bertz CT molecular complexity index is 1050. The van der Waals surface area contributed by atoms with Crippen LogP contribution in [0, 0.1) is 0 Å². The first-order valence-electron chi connectivity index (χ1n) is 11.2. The van der Waals surface area contributed by atoms with Crippen LogP contribution in [0.4, 0.5) is 4.79 Å². The van der Waals surface area contributed by atoms with E-state index in [2.05, 4.69) is 0 Å². The molecule has 1 aromatic heterocycles. The molecule has 2 aliphatic rings. The largest absolute Gasteiger partial charge is 0.444 e. The van der Waals surface area contributed by atoms with Crippen LogP contribution in [-0.4, -0.2) is 69.8 Å². The van der Waals surface area contributed by atoms with Crippen LogP contribution in [0.1, 0.15) is 55.2 Å². The summed E-state index contributed by atoms with van der Waals surface area (Å²) in [6, 6.07) is 4.93. The normalized spacial score (nSPS) is 19.1. The minimum Gasteiger partial charge on any atom is -0.444 e. The molecule has 2 heterocycles. The zero-order chi connectivity index (χ0) is 23.0. The molecular weight excluding hydrogens is 430 g/mol. The van der Waals surface area contributed by atoms with Gasteiger partial charge in [-0.2, -0.15) is 0 Å². The van der Waals surface area contributed by atoms with E-state index in [4.69, 9.17) is 21.3 Å². The Labute approximate surface area is 193 Å². The number of nitrogens with zero attached hydrogens (tertiary/aromatic N) is 3. The van der Waals surface area contributed by atoms with Crippen molar-refractivity contribution in [2.75, 3.05) is 26.2 Å². The summed E-state index contributed by atoms with van der Waals surface area (Å²) in [5.74, 6) is -0.148. The van der Waals surface area contributed by atoms with Crippen molar-refractivity contribution < 1.29 is 19.4 Å². The van der Waals surface area contributed by atoms with E-state index < -0.39 is 17.7 Å². The van der Waals surface area contributed by atoms with Crippen LogP contribution in [0.15, 0.2) is 18.2 Å². The van der Waals surface area contributed by atoms with E-state index in [1.165, 1.54) is 4.90 Å². The molecule has 1 aromatic carbocycles. The van der Waals surface area contributed by atoms with Crippen molar-refractivity contribution in [2.24, 2.45) is 0 Å². The highest BCUT2D eigenvalue weighted by molar-refractivity contribution is 6.36. The van der Waals surface area contributed by atoms with Gasteiger partial charge < -0.3 is 14.7 Å². The first-order chi connectivity index (χ1) is 15.2. The topological polar surface area (TPSA) is 83.0 Å². The average Bonchev–Trinajstić information content (AvgIpc) is 2.76. The number of fused-ring (bicyclic) bond motifs is 2. The number of piperazine rings is 1. The minimum absolute atomic E-state index is 0.148. The van der Waals surface area contributed by atoms with Crippen molar-refractivity contribution in [3.63, 3.8) is 0 Å². The Balaban J connectivity index is 1.54. The SMILES string of the molecule is CC(C)(C)OC(=O)N1CCN(C(=O)c2ccc3c(Cl)c4c(nc3c2)CCCC4)CC1CO. The molecule has 4 rings (SSSR count). The van der Waals surface area contributed by atoms with Crippen LogP contribution >= 0.6 is 11.6 Å². The smallest absolute Gasteiger partial charge is 0.410 e. The summed E-state index contributed by atoms with van der Waals surface area (Å²) in [6.45, 7) is 6.07. The van der Waals surface area contributed by atoms with E-state index in [1.54, 1.807) is 37.8 Å². The third-order valence-corrected chi connectivity index (χ3v) is 6.48. The molecule has 2 amide bonds. The number of pyridine rings is 1. The maximum Gasteiger partial charge on any atom is 0.410 e. The lowest BCUT2D eigenvalue weighted by Gasteiger charge is -2.41. The van der Waals surface area contributed by atoms with E-state index >= 15 is 0 Å². The van der Waals surface area contributed by atoms with Gasteiger partial charge in [0.15, 0.2) is 0 Å². The van der Waals surface area contributed by atoms with Crippen LogP contribution in [-0.2, 0) is 17.6 Å². The summed E-state index contributed by atoms with van der Waals surface area (Å²) in [5.41, 5.74) is 2.80. The zero-order valence-corrected chi connectivity index (χ0v) is 19.6. The van der Waals surface area contributed by atoms with Gasteiger partial charge in [-0.05, 0) is 64.2 Å². The zero-order valence-electron chi connectivity index (χ0n) is 18.9. The Morgan fingerprint density at radius 3 is 2.69 bits per heavy atom.